The molecule has 0 bridgehead atoms. The first-order valence-corrected chi connectivity index (χ1v) is 4.64. The quantitative estimate of drug-likeness (QED) is 0.753. The minimum atomic E-state index is 0.195. The van der Waals surface area contributed by atoms with E-state index in [1.165, 1.54) is 12.8 Å². The second-order valence-electron chi connectivity index (χ2n) is 3.50. The van der Waals surface area contributed by atoms with E-state index in [2.05, 4.69) is 4.98 Å². The predicted octanol–water partition coefficient (Wildman–Crippen LogP) is 1.20. The molecule has 3 heteroatoms. The van der Waals surface area contributed by atoms with Gasteiger partial charge in [-0.2, -0.15) is 0 Å². The van der Waals surface area contributed by atoms with E-state index in [0.29, 0.717) is 12.5 Å². The highest BCUT2D eigenvalue weighted by molar-refractivity contribution is 5.15. The first kappa shape index (κ1) is 8.51. The summed E-state index contributed by atoms with van der Waals surface area (Å²) in [5.74, 6) is 1.50. The van der Waals surface area contributed by atoms with Crippen molar-refractivity contribution in [2.45, 2.75) is 18.9 Å². The van der Waals surface area contributed by atoms with Gasteiger partial charge in [0.2, 0.25) is 0 Å². The highest BCUT2D eigenvalue weighted by atomic mass is 16.5. The lowest BCUT2D eigenvalue weighted by molar-refractivity contribution is 0.275. The number of nitrogens with two attached hydrogens (primary N) is 1. The minimum Gasteiger partial charge on any atom is -0.490 e. The van der Waals surface area contributed by atoms with Crippen molar-refractivity contribution >= 4 is 0 Å². The van der Waals surface area contributed by atoms with E-state index in [9.17, 15) is 0 Å². The van der Waals surface area contributed by atoms with Gasteiger partial charge in [-0.3, -0.25) is 4.98 Å². The molecule has 1 fully saturated rings. The Hall–Kier alpha value is -1.09. The molecule has 1 atom stereocenters. The van der Waals surface area contributed by atoms with E-state index in [0.717, 1.165) is 5.75 Å². The molecule has 1 aromatic rings. The third kappa shape index (κ3) is 2.42. The van der Waals surface area contributed by atoms with Crippen LogP contribution in [0.25, 0.3) is 0 Å². The SMILES string of the molecule is NC(COc1cccnc1)C1CC1. The van der Waals surface area contributed by atoms with E-state index in [1.807, 2.05) is 12.1 Å². The number of hydrogen-bond acceptors (Lipinski definition) is 3. The molecular formula is C10H14N2O. The van der Waals surface area contributed by atoms with Crippen molar-refractivity contribution in [2.75, 3.05) is 6.61 Å². The van der Waals surface area contributed by atoms with Crippen LogP contribution in [0.2, 0.25) is 0 Å². The molecule has 1 unspecified atom stereocenters. The highest BCUT2D eigenvalue weighted by Crippen LogP contribution is 2.31. The van der Waals surface area contributed by atoms with Crippen LogP contribution >= 0.6 is 0 Å². The first-order chi connectivity index (χ1) is 6.36. The summed E-state index contributed by atoms with van der Waals surface area (Å²) in [4.78, 5) is 3.96. The smallest absolute Gasteiger partial charge is 0.137 e. The molecular weight excluding hydrogens is 164 g/mol. The standard InChI is InChI=1S/C10H14N2O/c11-10(8-3-4-8)7-13-9-2-1-5-12-6-9/h1-2,5-6,8,10H,3-4,7,11H2. The number of aromatic nitrogens is 1. The summed E-state index contributed by atoms with van der Waals surface area (Å²) in [6, 6.07) is 3.95. The van der Waals surface area contributed by atoms with Crippen LogP contribution in [-0.4, -0.2) is 17.6 Å². The van der Waals surface area contributed by atoms with Gasteiger partial charge in [-0.1, -0.05) is 0 Å². The molecule has 1 saturated carbocycles. The maximum Gasteiger partial charge on any atom is 0.137 e. The summed E-state index contributed by atoms with van der Waals surface area (Å²) in [6.07, 6.45) is 5.96. The lowest BCUT2D eigenvalue weighted by atomic mass is 10.2. The van der Waals surface area contributed by atoms with Crippen molar-refractivity contribution in [1.29, 1.82) is 0 Å². The van der Waals surface area contributed by atoms with Gasteiger partial charge in [0.1, 0.15) is 12.4 Å². The van der Waals surface area contributed by atoms with Crippen LogP contribution in [0, 0.1) is 5.92 Å². The molecule has 0 amide bonds. The molecule has 0 spiro atoms. The van der Waals surface area contributed by atoms with E-state index in [4.69, 9.17) is 10.5 Å². The number of hydrogen-bond donors (Lipinski definition) is 1. The molecule has 13 heavy (non-hydrogen) atoms. The molecule has 1 aliphatic carbocycles. The monoisotopic (exact) mass is 178 g/mol. The fraction of sp³-hybridized carbons (Fsp3) is 0.500. The molecule has 3 nitrogen and oxygen atoms in total. The van der Waals surface area contributed by atoms with Crippen LogP contribution in [0.5, 0.6) is 5.75 Å². The van der Waals surface area contributed by atoms with Gasteiger partial charge >= 0.3 is 0 Å². The Kier molecular flexibility index (Phi) is 2.45. The highest BCUT2D eigenvalue weighted by Gasteiger charge is 2.28. The average molecular weight is 178 g/mol. The maximum atomic E-state index is 5.88. The molecule has 70 valence electrons. The molecule has 0 radical (unpaired) electrons. The van der Waals surface area contributed by atoms with Gasteiger partial charge in [-0.15, -0.1) is 0 Å². The summed E-state index contributed by atoms with van der Waals surface area (Å²) in [6.45, 7) is 0.608. The Morgan fingerprint density at radius 2 is 2.46 bits per heavy atom. The van der Waals surface area contributed by atoms with Gasteiger partial charge in [0.25, 0.3) is 0 Å². The van der Waals surface area contributed by atoms with E-state index >= 15 is 0 Å². The molecule has 0 aliphatic heterocycles. The number of ether oxygens (including phenoxy) is 1. The van der Waals surface area contributed by atoms with Crippen LogP contribution in [0.4, 0.5) is 0 Å². The maximum absolute atomic E-state index is 5.88. The zero-order valence-corrected chi connectivity index (χ0v) is 7.52. The van der Waals surface area contributed by atoms with E-state index < -0.39 is 0 Å². The summed E-state index contributed by atoms with van der Waals surface area (Å²) in [5, 5.41) is 0. The summed E-state index contributed by atoms with van der Waals surface area (Å²) in [5.41, 5.74) is 5.88. The Bertz CT molecular complexity index is 259. The van der Waals surface area contributed by atoms with Crippen LogP contribution in [0.3, 0.4) is 0 Å². The van der Waals surface area contributed by atoms with Crippen LogP contribution in [-0.2, 0) is 0 Å². The second kappa shape index (κ2) is 3.75. The number of nitrogens with zero attached hydrogens (tertiary/aromatic N) is 1. The Balaban J connectivity index is 1.78. The van der Waals surface area contributed by atoms with Crippen molar-refractivity contribution in [3.63, 3.8) is 0 Å². The van der Waals surface area contributed by atoms with Gasteiger partial charge in [0.15, 0.2) is 0 Å². The van der Waals surface area contributed by atoms with Gasteiger partial charge in [-0.25, -0.2) is 0 Å². The van der Waals surface area contributed by atoms with Crippen molar-refractivity contribution in [1.82, 2.24) is 4.98 Å². The molecule has 0 aromatic carbocycles. The third-order valence-corrected chi connectivity index (χ3v) is 2.30. The molecule has 1 heterocycles. The first-order valence-electron chi connectivity index (χ1n) is 4.64. The number of pyridine rings is 1. The molecule has 1 aliphatic rings. The Morgan fingerprint density at radius 1 is 1.62 bits per heavy atom. The molecule has 2 N–H and O–H groups in total. The Labute approximate surface area is 77.9 Å². The van der Waals surface area contributed by atoms with Crippen molar-refractivity contribution < 1.29 is 4.74 Å². The minimum absolute atomic E-state index is 0.195. The second-order valence-corrected chi connectivity index (χ2v) is 3.50. The Morgan fingerprint density at radius 3 is 3.08 bits per heavy atom. The fourth-order valence-electron chi connectivity index (χ4n) is 1.29. The normalized spacial score (nSPS) is 18.2. The van der Waals surface area contributed by atoms with E-state index in [1.54, 1.807) is 12.4 Å². The molecule has 0 saturated heterocycles. The van der Waals surface area contributed by atoms with Crippen molar-refractivity contribution in [3.05, 3.63) is 24.5 Å². The van der Waals surface area contributed by atoms with Gasteiger partial charge in [-0.05, 0) is 30.9 Å². The number of rotatable bonds is 4. The zero-order valence-electron chi connectivity index (χ0n) is 7.52. The van der Waals surface area contributed by atoms with Crippen molar-refractivity contribution in [2.24, 2.45) is 11.7 Å². The van der Waals surface area contributed by atoms with Crippen LogP contribution < -0.4 is 10.5 Å². The topological polar surface area (TPSA) is 48.1 Å². The van der Waals surface area contributed by atoms with Gasteiger partial charge in [0.05, 0.1) is 6.20 Å². The lowest BCUT2D eigenvalue weighted by Gasteiger charge is -2.11. The fourth-order valence-corrected chi connectivity index (χ4v) is 1.29. The lowest BCUT2D eigenvalue weighted by Crippen LogP contribution is -2.29. The van der Waals surface area contributed by atoms with Crippen molar-refractivity contribution in [3.8, 4) is 5.75 Å². The summed E-state index contributed by atoms with van der Waals surface area (Å²) < 4.78 is 5.48. The molecule has 2 rings (SSSR count). The predicted molar refractivity (Wildman–Crippen MR) is 50.4 cm³/mol. The molecule has 1 aromatic heterocycles. The van der Waals surface area contributed by atoms with Crippen LogP contribution in [0.1, 0.15) is 12.8 Å². The van der Waals surface area contributed by atoms with E-state index in [-0.39, 0.29) is 6.04 Å². The summed E-state index contributed by atoms with van der Waals surface area (Å²) in [7, 11) is 0. The van der Waals surface area contributed by atoms with Gasteiger partial charge in [0, 0.05) is 12.2 Å². The third-order valence-electron chi connectivity index (χ3n) is 2.30. The average Bonchev–Trinajstić information content (AvgIpc) is 2.99. The summed E-state index contributed by atoms with van der Waals surface area (Å²) >= 11 is 0. The van der Waals surface area contributed by atoms with Crippen LogP contribution in [0.15, 0.2) is 24.5 Å². The zero-order chi connectivity index (χ0) is 9.10. The van der Waals surface area contributed by atoms with Gasteiger partial charge < -0.3 is 10.5 Å². The largest absolute Gasteiger partial charge is 0.490 e.